The van der Waals surface area contributed by atoms with E-state index < -0.39 is 0 Å². The monoisotopic (exact) mass is 452 g/mol. The Morgan fingerprint density at radius 2 is 1.42 bits per heavy atom. The van der Waals surface area contributed by atoms with Crippen LogP contribution in [0.1, 0.15) is 58.6 Å². The fourth-order valence-corrected chi connectivity index (χ4v) is 4.57. The number of anilines is 1. The summed E-state index contributed by atoms with van der Waals surface area (Å²) in [6.07, 6.45) is 4.38. The first-order valence-electron chi connectivity index (χ1n) is 12.5. The Bertz CT molecular complexity index is 919. The highest BCUT2D eigenvalue weighted by atomic mass is 16.5. The zero-order valence-corrected chi connectivity index (χ0v) is 21.1. The molecule has 0 amide bonds. The van der Waals surface area contributed by atoms with E-state index in [-0.39, 0.29) is 12.1 Å². The second kappa shape index (κ2) is 12.0. The van der Waals surface area contributed by atoms with Crippen LogP contribution in [0.4, 0.5) is 5.69 Å². The van der Waals surface area contributed by atoms with Crippen LogP contribution in [-0.2, 0) is 0 Å². The summed E-state index contributed by atoms with van der Waals surface area (Å²) in [6.45, 7) is 17.8. The number of rotatable bonds is 11. The van der Waals surface area contributed by atoms with E-state index in [0.717, 1.165) is 49.0 Å². The number of likely N-dealkylation sites (N-methyl/N-ethyl adjacent to an activating group) is 1. The first-order chi connectivity index (χ1) is 16.1. The molecule has 0 saturated carbocycles. The van der Waals surface area contributed by atoms with Crippen LogP contribution < -0.4 is 19.1 Å². The van der Waals surface area contributed by atoms with Crippen molar-refractivity contribution in [3.63, 3.8) is 0 Å². The maximum absolute atomic E-state index is 6.74. The van der Waals surface area contributed by atoms with Crippen molar-refractivity contribution >= 4 is 11.8 Å². The summed E-state index contributed by atoms with van der Waals surface area (Å²) in [4.78, 5) is 4.79. The SMILES string of the molecule is CCOc1ccc2c(c1)C=CC(c1ccc(OCC)cc1N(CC)CC)C(N(CC)CC)O2. The van der Waals surface area contributed by atoms with Crippen molar-refractivity contribution in [2.24, 2.45) is 0 Å². The number of benzene rings is 2. The topological polar surface area (TPSA) is 34.2 Å². The number of hydrogen-bond donors (Lipinski definition) is 0. The zero-order chi connectivity index (χ0) is 23.8. The van der Waals surface area contributed by atoms with Gasteiger partial charge in [0.2, 0.25) is 0 Å². The summed E-state index contributed by atoms with van der Waals surface area (Å²) in [5.74, 6) is 2.74. The molecule has 2 atom stereocenters. The number of fused-ring (bicyclic) bond motifs is 1. The summed E-state index contributed by atoms with van der Waals surface area (Å²) >= 11 is 0. The second-order valence-electron chi connectivity index (χ2n) is 8.07. The average Bonchev–Trinajstić information content (AvgIpc) is 3.01. The van der Waals surface area contributed by atoms with Crippen molar-refractivity contribution in [3.05, 3.63) is 53.6 Å². The lowest BCUT2D eigenvalue weighted by Crippen LogP contribution is -2.43. The molecular formula is C28H40N2O3. The highest BCUT2D eigenvalue weighted by molar-refractivity contribution is 5.65. The maximum atomic E-state index is 6.74. The Morgan fingerprint density at radius 3 is 2.03 bits per heavy atom. The van der Waals surface area contributed by atoms with E-state index in [0.29, 0.717) is 13.2 Å². The molecule has 0 aromatic heterocycles. The van der Waals surface area contributed by atoms with Crippen molar-refractivity contribution in [1.82, 2.24) is 4.90 Å². The molecule has 0 radical (unpaired) electrons. The van der Waals surface area contributed by atoms with Crippen molar-refractivity contribution in [2.45, 2.75) is 53.7 Å². The van der Waals surface area contributed by atoms with Crippen LogP contribution in [0.5, 0.6) is 17.2 Å². The van der Waals surface area contributed by atoms with Gasteiger partial charge in [-0.3, -0.25) is 4.90 Å². The molecule has 180 valence electrons. The van der Waals surface area contributed by atoms with Crippen LogP contribution in [-0.4, -0.2) is 50.5 Å². The Kier molecular flexibility index (Phi) is 9.07. The van der Waals surface area contributed by atoms with E-state index in [1.54, 1.807) is 0 Å². The highest BCUT2D eigenvalue weighted by Crippen LogP contribution is 2.40. The molecule has 5 nitrogen and oxygen atoms in total. The van der Waals surface area contributed by atoms with Gasteiger partial charge in [0.25, 0.3) is 0 Å². The summed E-state index contributed by atoms with van der Waals surface area (Å²) in [5, 5.41) is 0. The predicted molar refractivity (Wildman–Crippen MR) is 138 cm³/mol. The smallest absolute Gasteiger partial charge is 0.163 e. The summed E-state index contributed by atoms with van der Waals surface area (Å²) in [7, 11) is 0. The van der Waals surface area contributed by atoms with E-state index in [1.165, 1.54) is 11.3 Å². The van der Waals surface area contributed by atoms with Crippen LogP contribution in [0.15, 0.2) is 42.5 Å². The van der Waals surface area contributed by atoms with E-state index in [1.807, 2.05) is 26.0 Å². The van der Waals surface area contributed by atoms with E-state index in [2.05, 4.69) is 73.9 Å². The molecule has 0 bridgehead atoms. The van der Waals surface area contributed by atoms with Gasteiger partial charge in [-0.15, -0.1) is 0 Å². The third-order valence-electron chi connectivity index (χ3n) is 6.28. The molecule has 0 spiro atoms. The molecule has 1 heterocycles. The molecule has 2 aromatic carbocycles. The standard InChI is InChI=1S/C28H40N2O3/c1-7-29(8-2)26-20-23(32-12-6)14-17-24(26)25-16-13-21-19-22(31-11-5)15-18-27(21)33-28(25)30(9-3)10-4/h13-20,25,28H,7-12H2,1-6H3. The molecule has 2 unspecified atom stereocenters. The van der Waals surface area contributed by atoms with Gasteiger partial charge in [0.1, 0.15) is 17.2 Å². The molecule has 0 fully saturated rings. The largest absolute Gasteiger partial charge is 0.494 e. The van der Waals surface area contributed by atoms with Crippen LogP contribution in [0.2, 0.25) is 0 Å². The number of nitrogens with zero attached hydrogens (tertiary/aromatic N) is 2. The van der Waals surface area contributed by atoms with Gasteiger partial charge in [0.15, 0.2) is 6.23 Å². The van der Waals surface area contributed by atoms with E-state index >= 15 is 0 Å². The summed E-state index contributed by atoms with van der Waals surface area (Å²) in [5.41, 5.74) is 3.52. The predicted octanol–water partition coefficient (Wildman–Crippen LogP) is 6.19. The molecular weight excluding hydrogens is 412 g/mol. The van der Waals surface area contributed by atoms with Crippen molar-refractivity contribution < 1.29 is 14.2 Å². The minimum Gasteiger partial charge on any atom is -0.494 e. The summed E-state index contributed by atoms with van der Waals surface area (Å²) < 4.78 is 18.3. The molecule has 1 aliphatic heterocycles. The molecule has 0 N–H and O–H groups in total. The minimum absolute atomic E-state index is 0.0686. The highest BCUT2D eigenvalue weighted by Gasteiger charge is 2.32. The quantitative estimate of drug-likeness (QED) is 0.406. The molecule has 5 heteroatoms. The fraction of sp³-hybridized carbons (Fsp3) is 0.500. The molecule has 0 aliphatic carbocycles. The van der Waals surface area contributed by atoms with Crippen molar-refractivity contribution in [3.8, 4) is 17.2 Å². The Morgan fingerprint density at radius 1 is 0.788 bits per heavy atom. The van der Waals surface area contributed by atoms with Gasteiger partial charge >= 0.3 is 0 Å². The lowest BCUT2D eigenvalue weighted by Gasteiger charge is -2.36. The first-order valence-corrected chi connectivity index (χ1v) is 12.5. The van der Waals surface area contributed by atoms with Crippen molar-refractivity contribution in [1.29, 1.82) is 0 Å². The number of ether oxygens (including phenoxy) is 3. The minimum atomic E-state index is -0.109. The molecule has 2 aromatic rings. The Hall–Kier alpha value is -2.66. The lowest BCUT2D eigenvalue weighted by atomic mass is 9.93. The molecule has 0 saturated heterocycles. The van der Waals surface area contributed by atoms with Gasteiger partial charge in [0, 0.05) is 30.4 Å². The van der Waals surface area contributed by atoms with E-state index in [4.69, 9.17) is 14.2 Å². The van der Waals surface area contributed by atoms with Gasteiger partial charge in [-0.25, -0.2) is 0 Å². The van der Waals surface area contributed by atoms with E-state index in [9.17, 15) is 0 Å². The van der Waals surface area contributed by atoms with Crippen LogP contribution in [0.25, 0.3) is 6.08 Å². The third-order valence-corrected chi connectivity index (χ3v) is 6.28. The third kappa shape index (κ3) is 5.64. The van der Waals surface area contributed by atoms with Crippen molar-refractivity contribution in [2.75, 3.05) is 44.3 Å². The summed E-state index contributed by atoms with van der Waals surface area (Å²) in [6, 6.07) is 12.6. The number of hydrogen-bond acceptors (Lipinski definition) is 5. The Balaban J connectivity index is 2.12. The molecule has 3 rings (SSSR count). The lowest BCUT2D eigenvalue weighted by molar-refractivity contribution is 0.0226. The van der Waals surface area contributed by atoms with Crippen LogP contribution >= 0.6 is 0 Å². The van der Waals surface area contributed by atoms with Gasteiger partial charge in [0.05, 0.1) is 19.1 Å². The maximum Gasteiger partial charge on any atom is 0.163 e. The molecule has 1 aliphatic rings. The van der Waals surface area contributed by atoms with Gasteiger partial charge in [-0.2, -0.15) is 0 Å². The van der Waals surface area contributed by atoms with Crippen LogP contribution in [0, 0.1) is 0 Å². The normalized spacial score (nSPS) is 17.3. The van der Waals surface area contributed by atoms with Crippen LogP contribution in [0.3, 0.4) is 0 Å². The fourth-order valence-electron chi connectivity index (χ4n) is 4.57. The van der Waals surface area contributed by atoms with Gasteiger partial charge in [-0.05, 0) is 70.6 Å². The average molecular weight is 453 g/mol. The molecule has 33 heavy (non-hydrogen) atoms. The van der Waals surface area contributed by atoms with Gasteiger partial charge in [-0.1, -0.05) is 32.1 Å². The zero-order valence-electron chi connectivity index (χ0n) is 21.1. The Labute approximate surface area is 199 Å². The first kappa shape index (κ1) is 25.0. The second-order valence-corrected chi connectivity index (χ2v) is 8.07. The van der Waals surface area contributed by atoms with Gasteiger partial charge < -0.3 is 19.1 Å².